The van der Waals surface area contributed by atoms with Crippen molar-refractivity contribution in [2.45, 2.75) is 24.2 Å². The van der Waals surface area contributed by atoms with Gasteiger partial charge < -0.3 is 5.73 Å². The molecule has 0 radical (unpaired) electrons. The van der Waals surface area contributed by atoms with Crippen LogP contribution in [-0.4, -0.2) is 37.4 Å². The third kappa shape index (κ3) is 4.06. The number of hydrogen-bond acceptors (Lipinski definition) is 6. The van der Waals surface area contributed by atoms with Crippen molar-refractivity contribution in [2.75, 3.05) is 18.5 Å². The third-order valence-corrected chi connectivity index (χ3v) is 5.36. The van der Waals surface area contributed by atoms with Crippen molar-refractivity contribution >= 4 is 27.3 Å². The number of carbonyl (C=O) groups excluding carboxylic acids is 1. The summed E-state index contributed by atoms with van der Waals surface area (Å²) >= 11 is 0. The molecule has 1 aliphatic rings. The maximum absolute atomic E-state index is 12.5. The SMILES string of the molecule is N#C/C(=N/Nc1ccc(S(=O)(=O)N2CCCCC2)cc1)C(N)=O. The normalized spacial score (nSPS) is 16.6. The number of nitrogens with two attached hydrogens (primary N) is 1. The zero-order chi connectivity index (χ0) is 16.9. The fourth-order valence-electron chi connectivity index (χ4n) is 2.21. The van der Waals surface area contributed by atoms with Gasteiger partial charge in [0.2, 0.25) is 15.7 Å². The maximum Gasteiger partial charge on any atom is 0.280 e. The molecule has 2 rings (SSSR count). The zero-order valence-electron chi connectivity index (χ0n) is 12.4. The molecule has 0 unspecified atom stereocenters. The lowest BCUT2D eigenvalue weighted by molar-refractivity contribution is -0.111. The van der Waals surface area contributed by atoms with Crippen molar-refractivity contribution in [3.05, 3.63) is 24.3 Å². The number of nitrogens with one attached hydrogen (secondary N) is 1. The van der Waals surface area contributed by atoms with Crippen LogP contribution in [0.5, 0.6) is 0 Å². The Morgan fingerprint density at radius 1 is 1.22 bits per heavy atom. The van der Waals surface area contributed by atoms with Crippen molar-refractivity contribution in [2.24, 2.45) is 10.8 Å². The average Bonchev–Trinajstić information content (AvgIpc) is 2.56. The van der Waals surface area contributed by atoms with Crippen LogP contribution in [0.15, 0.2) is 34.3 Å². The summed E-state index contributed by atoms with van der Waals surface area (Å²) in [4.78, 5) is 11.1. The Hall–Kier alpha value is -2.44. The van der Waals surface area contributed by atoms with Crippen molar-refractivity contribution in [1.29, 1.82) is 5.26 Å². The number of carbonyl (C=O) groups is 1. The van der Waals surface area contributed by atoms with Gasteiger partial charge in [0.15, 0.2) is 0 Å². The molecule has 0 spiro atoms. The van der Waals surface area contributed by atoms with Gasteiger partial charge in [-0.15, -0.1) is 0 Å². The molecular weight excluding hydrogens is 318 g/mol. The quantitative estimate of drug-likeness (QED) is 0.602. The monoisotopic (exact) mass is 335 g/mol. The number of piperidine rings is 1. The summed E-state index contributed by atoms with van der Waals surface area (Å²) in [7, 11) is -3.48. The van der Waals surface area contributed by atoms with Gasteiger partial charge in [0, 0.05) is 13.1 Å². The largest absolute Gasteiger partial charge is 0.364 e. The van der Waals surface area contributed by atoms with Crippen LogP contribution >= 0.6 is 0 Å². The fourth-order valence-corrected chi connectivity index (χ4v) is 3.73. The van der Waals surface area contributed by atoms with Crippen LogP contribution in [0, 0.1) is 11.3 Å². The highest BCUT2D eigenvalue weighted by Crippen LogP contribution is 2.21. The first-order valence-electron chi connectivity index (χ1n) is 7.09. The molecule has 1 fully saturated rings. The van der Waals surface area contributed by atoms with Gasteiger partial charge in [0.25, 0.3) is 5.91 Å². The van der Waals surface area contributed by atoms with E-state index in [0.29, 0.717) is 18.8 Å². The molecular formula is C14H17N5O3S. The fraction of sp³-hybridized carbons (Fsp3) is 0.357. The van der Waals surface area contributed by atoms with Crippen LogP contribution in [0.1, 0.15) is 19.3 Å². The summed E-state index contributed by atoms with van der Waals surface area (Å²) in [5, 5.41) is 12.2. The van der Waals surface area contributed by atoms with Gasteiger partial charge in [-0.05, 0) is 37.1 Å². The van der Waals surface area contributed by atoms with Gasteiger partial charge in [0.05, 0.1) is 10.6 Å². The van der Waals surface area contributed by atoms with E-state index in [9.17, 15) is 13.2 Å². The molecule has 1 aromatic carbocycles. The molecule has 1 aliphatic heterocycles. The van der Waals surface area contributed by atoms with Crippen molar-refractivity contribution < 1.29 is 13.2 Å². The Labute approximate surface area is 134 Å². The zero-order valence-corrected chi connectivity index (χ0v) is 13.2. The molecule has 0 aliphatic carbocycles. The van der Waals surface area contributed by atoms with Gasteiger partial charge >= 0.3 is 0 Å². The molecule has 0 bridgehead atoms. The van der Waals surface area contributed by atoms with Crippen molar-refractivity contribution in [3.63, 3.8) is 0 Å². The predicted molar refractivity (Wildman–Crippen MR) is 84.9 cm³/mol. The summed E-state index contributed by atoms with van der Waals surface area (Å²) < 4.78 is 26.4. The molecule has 9 heteroatoms. The molecule has 1 amide bonds. The molecule has 122 valence electrons. The van der Waals surface area contributed by atoms with E-state index in [-0.39, 0.29) is 4.90 Å². The van der Waals surface area contributed by atoms with E-state index in [2.05, 4.69) is 10.5 Å². The van der Waals surface area contributed by atoms with Crippen molar-refractivity contribution in [1.82, 2.24) is 4.31 Å². The number of hydrogen-bond donors (Lipinski definition) is 2. The van der Waals surface area contributed by atoms with E-state index in [4.69, 9.17) is 11.0 Å². The van der Waals surface area contributed by atoms with Crippen LogP contribution in [0.3, 0.4) is 0 Å². The summed E-state index contributed by atoms with van der Waals surface area (Å²) in [5.41, 5.74) is 7.43. The van der Waals surface area contributed by atoms with Crippen molar-refractivity contribution in [3.8, 4) is 6.07 Å². The molecule has 0 saturated carbocycles. The molecule has 1 aromatic rings. The maximum atomic E-state index is 12.5. The van der Waals surface area contributed by atoms with Crippen LogP contribution in [0.2, 0.25) is 0 Å². The smallest absolute Gasteiger partial charge is 0.280 e. The average molecular weight is 335 g/mol. The lowest BCUT2D eigenvalue weighted by Crippen LogP contribution is -2.35. The Morgan fingerprint density at radius 2 is 1.83 bits per heavy atom. The molecule has 8 nitrogen and oxygen atoms in total. The van der Waals surface area contributed by atoms with Gasteiger partial charge in [0.1, 0.15) is 6.07 Å². The lowest BCUT2D eigenvalue weighted by atomic mass is 10.2. The van der Waals surface area contributed by atoms with E-state index in [1.54, 1.807) is 6.07 Å². The second kappa shape index (κ2) is 7.21. The number of rotatable bonds is 5. The summed E-state index contributed by atoms with van der Waals surface area (Å²) in [6.07, 6.45) is 2.79. The van der Waals surface area contributed by atoms with E-state index in [0.717, 1.165) is 19.3 Å². The highest BCUT2D eigenvalue weighted by molar-refractivity contribution is 7.89. The predicted octanol–water partition coefficient (Wildman–Crippen LogP) is 0.638. The summed E-state index contributed by atoms with van der Waals surface area (Å²) in [6.45, 7) is 1.08. The number of sulfonamides is 1. The number of amides is 1. The minimum absolute atomic E-state index is 0.198. The van der Waals surface area contributed by atoms with Gasteiger partial charge in [-0.2, -0.15) is 14.7 Å². The Kier molecular flexibility index (Phi) is 5.31. The minimum atomic E-state index is -3.48. The van der Waals surface area contributed by atoms with Gasteiger partial charge in [-0.25, -0.2) is 8.42 Å². The molecule has 3 N–H and O–H groups in total. The first-order valence-corrected chi connectivity index (χ1v) is 8.53. The Balaban J connectivity index is 2.13. The second-order valence-electron chi connectivity index (χ2n) is 5.04. The van der Waals surface area contributed by atoms with E-state index >= 15 is 0 Å². The number of hydrazone groups is 1. The lowest BCUT2D eigenvalue weighted by Gasteiger charge is -2.25. The van der Waals surface area contributed by atoms with Crippen LogP contribution in [-0.2, 0) is 14.8 Å². The molecule has 0 aromatic heterocycles. The number of primary amides is 1. The van der Waals surface area contributed by atoms with Crippen LogP contribution in [0.25, 0.3) is 0 Å². The highest BCUT2D eigenvalue weighted by Gasteiger charge is 2.25. The van der Waals surface area contributed by atoms with E-state index in [1.807, 2.05) is 0 Å². The Bertz CT molecular complexity index is 744. The molecule has 23 heavy (non-hydrogen) atoms. The second-order valence-corrected chi connectivity index (χ2v) is 6.98. The van der Waals surface area contributed by atoms with Gasteiger partial charge in [-0.3, -0.25) is 10.2 Å². The highest BCUT2D eigenvalue weighted by atomic mass is 32.2. The molecule has 0 atom stereocenters. The Morgan fingerprint density at radius 3 is 2.35 bits per heavy atom. The van der Waals surface area contributed by atoms with E-state index in [1.165, 1.54) is 28.6 Å². The molecule has 1 heterocycles. The molecule has 1 saturated heterocycles. The first kappa shape index (κ1) is 16.9. The number of nitrogens with zero attached hydrogens (tertiary/aromatic N) is 3. The van der Waals surface area contributed by atoms with E-state index < -0.39 is 21.6 Å². The minimum Gasteiger partial charge on any atom is -0.364 e. The first-order chi connectivity index (χ1) is 10.9. The summed E-state index contributed by atoms with van der Waals surface area (Å²) in [5.74, 6) is -0.940. The number of benzene rings is 1. The van der Waals surface area contributed by atoms with Crippen LogP contribution < -0.4 is 11.2 Å². The van der Waals surface area contributed by atoms with Crippen LogP contribution in [0.4, 0.5) is 5.69 Å². The standard InChI is InChI=1S/C14H17N5O3S/c15-10-13(14(16)20)18-17-11-4-6-12(7-5-11)23(21,22)19-8-2-1-3-9-19/h4-7,17H,1-3,8-9H2,(H2,16,20)/b18-13-. The number of anilines is 1. The number of nitriles is 1. The third-order valence-electron chi connectivity index (χ3n) is 3.44. The summed E-state index contributed by atoms with van der Waals surface area (Å²) in [6, 6.07) is 7.49. The van der Waals surface area contributed by atoms with Gasteiger partial charge in [-0.1, -0.05) is 6.42 Å². The topological polar surface area (TPSA) is 129 Å².